The number of ether oxygens (including phenoxy) is 1. The Balaban J connectivity index is 1.70. The third-order valence-corrected chi connectivity index (χ3v) is 7.62. The molecule has 0 spiro atoms. The normalized spacial score (nSPS) is 14.2. The van der Waals surface area contributed by atoms with E-state index in [0.29, 0.717) is 40.4 Å². The summed E-state index contributed by atoms with van der Waals surface area (Å²) in [7, 11) is -2.28. The van der Waals surface area contributed by atoms with Gasteiger partial charge in [0.1, 0.15) is 0 Å². The maximum atomic E-state index is 11.8. The summed E-state index contributed by atoms with van der Waals surface area (Å²) in [5.74, 6) is 0.744. The Morgan fingerprint density at radius 1 is 1.28 bits per heavy atom. The number of carbonyl (C=O) groups is 1. The van der Waals surface area contributed by atoms with Gasteiger partial charge in [0.25, 0.3) is 0 Å². The maximum Gasteiger partial charge on any atom is 0.407 e. The van der Waals surface area contributed by atoms with E-state index in [2.05, 4.69) is 30.1 Å². The van der Waals surface area contributed by atoms with Gasteiger partial charge in [-0.3, -0.25) is 4.72 Å². The van der Waals surface area contributed by atoms with Gasteiger partial charge in [-0.2, -0.15) is 0 Å². The summed E-state index contributed by atoms with van der Waals surface area (Å²) in [5, 5.41) is 7.23. The number of aromatic nitrogens is 3. The highest BCUT2D eigenvalue weighted by atomic mass is 35.5. The Morgan fingerprint density at radius 2 is 2.03 bits per heavy atom. The molecular formula is C22H24Cl2N6O4S2. The molecule has 14 heteroatoms. The van der Waals surface area contributed by atoms with Crippen LogP contribution >= 0.6 is 34.5 Å². The summed E-state index contributed by atoms with van der Waals surface area (Å²) in [6, 6.07) is 4.66. The smallest absolute Gasteiger partial charge is 0.407 e. The number of benzene rings is 1. The summed E-state index contributed by atoms with van der Waals surface area (Å²) in [6.45, 7) is 2.20. The molecule has 192 valence electrons. The van der Waals surface area contributed by atoms with Crippen LogP contribution in [0.4, 0.5) is 16.4 Å². The average Bonchev–Trinajstić information content (AvgIpc) is 3.57. The Bertz CT molecular complexity index is 1400. The molecule has 1 unspecified atom stereocenters. The van der Waals surface area contributed by atoms with E-state index in [1.54, 1.807) is 18.3 Å². The van der Waals surface area contributed by atoms with Crippen molar-refractivity contribution in [3.63, 3.8) is 0 Å². The molecule has 0 saturated heterocycles. The van der Waals surface area contributed by atoms with Crippen LogP contribution in [-0.2, 0) is 14.8 Å². The molecule has 1 atom stereocenters. The number of methoxy groups -OCH3 is 1. The van der Waals surface area contributed by atoms with Gasteiger partial charge in [0, 0.05) is 35.3 Å². The number of sulfonamides is 1. The summed E-state index contributed by atoms with van der Waals surface area (Å²) in [4.78, 5) is 25.9. The van der Waals surface area contributed by atoms with E-state index in [-0.39, 0.29) is 16.8 Å². The van der Waals surface area contributed by atoms with Gasteiger partial charge >= 0.3 is 6.09 Å². The van der Waals surface area contributed by atoms with Crippen LogP contribution in [0.2, 0.25) is 10.0 Å². The number of amides is 1. The van der Waals surface area contributed by atoms with Crippen LogP contribution in [0.15, 0.2) is 24.4 Å². The molecule has 1 aromatic carbocycles. The molecule has 4 rings (SSSR count). The highest BCUT2D eigenvalue weighted by Gasteiger charge is 2.30. The highest BCUT2D eigenvalue weighted by Crippen LogP contribution is 2.48. The van der Waals surface area contributed by atoms with Crippen molar-refractivity contribution in [2.24, 2.45) is 0 Å². The standard InChI is InChI=1S/C22H24Cl2N6O4S2/c1-11(27-22(31)34-2)10-26-21-25-7-6-15(28-21)19-18(29-20(35-19)12-4-5-12)14-8-13(23)9-16(17(14)24)30-36(3,32)33/h6-9,11-12,30H,4-5,10H2,1-3H3,(H,27,31)(H,25,26,28). The van der Waals surface area contributed by atoms with E-state index in [0.717, 1.165) is 29.0 Å². The lowest BCUT2D eigenvalue weighted by Crippen LogP contribution is -2.37. The number of carbonyl (C=O) groups excluding carboxylic acids is 1. The molecule has 10 nitrogen and oxygen atoms in total. The SMILES string of the molecule is COC(=O)NC(C)CNc1nccc(-c2sc(C3CC3)nc2-c2cc(Cl)cc(NS(C)(=O)=O)c2Cl)n1. The number of nitrogens with zero attached hydrogens (tertiary/aromatic N) is 3. The quantitative estimate of drug-likeness (QED) is 0.327. The Hall–Kier alpha value is -2.67. The largest absolute Gasteiger partial charge is 0.453 e. The lowest BCUT2D eigenvalue weighted by molar-refractivity contribution is 0.168. The number of halogens is 2. The van der Waals surface area contributed by atoms with Crippen molar-refractivity contribution in [2.45, 2.75) is 31.7 Å². The summed E-state index contributed by atoms with van der Waals surface area (Å²) in [6.07, 6.45) is 4.25. The second-order valence-corrected chi connectivity index (χ2v) is 12.0. The Labute approximate surface area is 222 Å². The molecule has 2 aromatic heterocycles. The Kier molecular flexibility index (Phi) is 7.88. The lowest BCUT2D eigenvalue weighted by Gasteiger charge is -2.14. The molecule has 0 bridgehead atoms. The predicted molar refractivity (Wildman–Crippen MR) is 143 cm³/mol. The van der Waals surface area contributed by atoms with E-state index in [1.807, 2.05) is 6.92 Å². The van der Waals surface area contributed by atoms with E-state index >= 15 is 0 Å². The van der Waals surface area contributed by atoms with Gasteiger partial charge in [-0.25, -0.2) is 28.2 Å². The minimum Gasteiger partial charge on any atom is -0.453 e. The molecule has 1 aliphatic rings. The average molecular weight is 572 g/mol. The zero-order valence-corrected chi connectivity index (χ0v) is 22.8. The number of thiazole rings is 1. The van der Waals surface area contributed by atoms with Gasteiger partial charge in [0.2, 0.25) is 16.0 Å². The first-order chi connectivity index (χ1) is 17.0. The number of hydrogen-bond donors (Lipinski definition) is 3. The fourth-order valence-corrected chi connectivity index (χ4v) is 5.66. The van der Waals surface area contributed by atoms with Crippen LogP contribution in [0, 0.1) is 0 Å². The highest BCUT2D eigenvalue weighted by molar-refractivity contribution is 7.92. The molecule has 3 aromatic rings. The van der Waals surface area contributed by atoms with Crippen LogP contribution in [0.1, 0.15) is 30.7 Å². The zero-order chi connectivity index (χ0) is 26.0. The van der Waals surface area contributed by atoms with Crippen LogP contribution in [0.25, 0.3) is 21.8 Å². The van der Waals surface area contributed by atoms with Crippen LogP contribution in [0.3, 0.4) is 0 Å². The first-order valence-electron chi connectivity index (χ1n) is 10.9. The van der Waals surface area contributed by atoms with Gasteiger partial charge in [-0.05, 0) is 38.0 Å². The number of rotatable bonds is 9. The topological polar surface area (TPSA) is 135 Å². The second kappa shape index (κ2) is 10.8. The summed E-state index contributed by atoms with van der Waals surface area (Å²) >= 11 is 14.5. The van der Waals surface area contributed by atoms with Gasteiger partial charge in [0.05, 0.1) is 45.3 Å². The lowest BCUT2D eigenvalue weighted by atomic mass is 10.1. The van der Waals surface area contributed by atoms with Crippen molar-refractivity contribution in [3.05, 3.63) is 39.4 Å². The fraction of sp³-hybridized carbons (Fsp3) is 0.364. The molecule has 36 heavy (non-hydrogen) atoms. The van der Waals surface area contributed by atoms with Crippen LogP contribution in [-0.4, -0.2) is 55.4 Å². The van der Waals surface area contributed by atoms with Gasteiger partial charge in [-0.15, -0.1) is 11.3 Å². The summed E-state index contributed by atoms with van der Waals surface area (Å²) < 4.78 is 30.7. The maximum absolute atomic E-state index is 11.8. The number of hydrogen-bond acceptors (Lipinski definition) is 9. The molecule has 1 aliphatic carbocycles. The van der Waals surface area contributed by atoms with Crippen molar-refractivity contribution in [2.75, 3.05) is 29.9 Å². The van der Waals surface area contributed by atoms with Crippen molar-refractivity contribution < 1.29 is 17.9 Å². The van der Waals surface area contributed by atoms with E-state index < -0.39 is 16.1 Å². The molecular weight excluding hydrogens is 547 g/mol. The number of alkyl carbamates (subject to hydrolysis) is 1. The molecule has 1 amide bonds. The Morgan fingerprint density at radius 3 is 2.69 bits per heavy atom. The monoisotopic (exact) mass is 570 g/mol. The molecule has 1 saturated carbocycles. The molecule has 0 aliphatic heterocycles. The second-order valence-electron chi connectivity index (χ2n) is 8.38. The molecule has 3 N–H and O–H groups in total. The van der Waals surface area contributed by atoms with E-state index in [4.69, 9.17) is 28.2 Å². The number of nitrogens with one attached hydrogen (secondary N) is 3. The van der Waals surface area contributed by atoms with Gasteiger partial charge in [0.15, 0.2) is 0 Å². The first-order valence-corrected chi connectivity index (χ1v) is 14.4. The third kappa shape index (κ3) is 6.55. The van der Waals surface area contributed by atoms with Crippen molar-refractivity contribution in [3.8, 4) is 21.8 Å². The zero-order valence-electron chi connectivity index (χ0n) is 19.6. The minimum absolute atomic E-state index is 0.172. The third-order valence-electron chi connectivity index (χ3n) is 5.16. The molecule has 1 fully saturated rings. The fourth-order valence-electron chi connectivity index (χ4n) is 3.36. The molecule has 2 heterocycles. The van der Waals surface area contributed by atoms with Crippen molar-refractivity contribution >= 4 is 62.3 Å². The van der Waals surface area contributed by atoms with Crippen molar-refractivity contribution in [1.29, 1.82) is 0 Å². The predicted octanol–water partition coefficient (Wildman–Crippen LogP) is 4.98. The molecule has 0 radical (unpaired) electrons. The van der Waals surface area contributed by atoms with E-state index in [9.17, 15) is 13.2 Å². The minimum atomic E-state index is -3.58. The van der Waals surface area contributed by atoms with Crippen molar-refractivity contribution in [1.82, 2.24) is 20.3 Å². The van der Waals surface area contributed by atoms with Gasteiger partial charge < -0.3 is 15.4 Å². The van der Waals surface area contributed by atoms with Crippen LogP contribution in [0.5, 0.6) is 0 Å². The first kappa shape index (κ1) is 26.4. The van der Waals surface area contributed by atoms with Gasteiger partial charge in [-0.1, -0.05) is 23.2 Å². The number of anilines is 2. The van der Waals surface area contributed by atoms with Crippen LogP contribution < -0.4 is 15.4 Å². The summed E-state index contributed by atoms with van der Waals surface area (Å²) in [5.41, 5.74) is 1.86. The van der Waals surface area contributed by atoms with E-state index in [1.165, 1.54) is 24.5 Å².